The number of hydrogen-bond donors (Lipinski definition) is 1. The van der Waals surface area contributed by atoms with E-state index < -0.39 is 11.7 Å². The molecule has 0 unspecified atom stereocenters. The number of rotatable bonds is 4. The summed E-state index contributed by atoms with van der Waals surface area (Å²) >= 11 is 0. The Balaban J connectivity index is 4.57. The highest BCUT2D eigenvalue weighted by molar-refractivity contribution is 5.75. The smallest absolute Gasteiger partial charge is 0.407 e. The first-order chi connectivity index (χ1) is 8.08. The van der Waals surface area contributed by atoms with E-state index in [1.54, 1.807) is 27.7 Å². The topological polar surface area (TPSA) is 64.6 Å². The van der Waals surface area contributed by atoms with Crippen LogP contribution in [0.5, 0.6) is 0 Å². The van der Waals surface area contributed by atoms with Gasteiger partial charge in [-0.05, 0) is 33.6 Å². The van der Waals surface area contributed by atoms with Crippen LogP contribution in [-0.4, -0.2) is 30.8 Å². The summed E-state index contributed by atoms with van der Waals surface area (Å²) in [7, 11) is 1.35. The van der Waals surface area contributed by atoms with Crippen molar-refractivity contribution in [2.45, 2.75) is 53.2 Å². The van der Waals surface area contributed by atoms with Crippen LogP contribution < -0.4 is 5.32 Å². The van der Waals surface area contributed by atoms with Gasteiger partial charge in [0, 0.05) is 6.04 Å². The maximum absolute atomic E-state index is 11.6. The van der Waals surface area contributed by atoms with Gasteiger partial charge in [-0.25, -0.2) is 4.79 Å². The minimum absolute atomic E-state index is 0.0717. The number of ether oxygens (including phenoxy) is 2. The lowest BCUT2D eigenvalue weighted by Gasteiger charge is -2.27. The number of carbonyl (C=O) groups is 2. The fourth-order valence-corrected chi connectivity index (χ4v) is 1.77. The van der Waals surface area contributed by atoms with Gasteiger partial charge in [-0.1, -0.05) is 13.8 Å². The molecule has 5 nitrogen and oxygen atoms in total. The van der Waals surface area contributed by atoms with Crippen molar-refractivity contribution in [3.63, 3.8) is 0 Å². The molecule has 1 amide bonds. The summed E-state index contributed by atoms with van der Waals surface area (Å²) in [5.74, 6) is -0.640. The van der Waals surface area contributed by atoms with E-state index in [0.717, 1.165) is 0 Å². The molecule has 0 aromatic heterocycles. The summed E-state index contributed by atoms with van der Waals surface area (Å²) in [5.41, 5.74) is -0.553. The van der Waals surface area contributed by atoms with Gasteiger partial charge in [0.05, 0.1) is 13.0 Å². The highest BCUT2D eigenvalue weighted by Gasteiger charge is 2.31. The molecule has 0 spiro atoms. The third-order valence-electron chi connectivity index (χ3n) is 2.47. The molecule has 0 aromatic rings. The van der Waals surface area contributed by atoms with Crippen molar-refractivity contribution in [3.05, 3.63) is 0 Å². The van der Waals surface area contributed by atoms with Gasteiger partial charge in [-0.2, -0.15) is 0 Å². The van der Waals surface area contributed by atoms with Gasteiger partial charge in [0.25, 0.3) is 0 Å². The number of alkyl carbamates (subject to hydrolysis) is 1. The zero-order chi connectivity index (χ0) is 14.5. The van der Waals surface area contributed by atoms with Gasteiger partial charge >= 0.3 is 12.1 Å². The summed E-state index contributed by atoms with van der Waals surface area (Å²) < 4.78 is 9.90. The molecule has 0 aromatic carbocycles. The van der Waals surface area contributed by atoms with Crippen LogP contribution in [0.25, 0.3) is 0 Å². The van der Waals surface area contributed by atoms with Crippen LogP contribution in [0.4, 0.5) is 4.79 Å². The molecular formula is C13H25NO4. The number of nitrogens with one attached hydrogen (secondary N) is 1. The molecule has 18 heavy (non-hydrogen) atoms. The lowest BCUT2D eigenvalue weighted by atomic mass is 9.89. The highest BCUT2D eigenvalue weighted by atomic mass is 16.6. The third kappa shape index (κ3) is 5.89. The Kier molecular flexibility index (Phi) is 6.15. The molecular weight excluding hydrogens is 234 g/mol. The Bertz CT molecular complexity index is 294. The monoisotopic (exact) mass is 259 g/mol. The molecule has 106 valence electrons. The van der Waals surface area contributed by atoms with E-state index in [-0.39, 0.29) is 23.8 Å². The second-order valence-corrected chi connectivity index (χ2v) is 5.73. The Labute approximate surface area is 109 Å². The van der Waals surface area contributed by atoms with Crippen molar-refractivity contribution < 1.29 is 19.1 Å². The molecule has 0 saturated heterocycles. The number of hydrogen-bond acceptors (Lipinski definition) is 4. The van der Waals surface area contributed by atoms with E-state index >= 15 is 0 Å². The number of amides is 1. The average Bonchev–Trinajstić information content (AvgIpc) is 2.13. The van der Waals surface area contributed by atoms with Crippen molar-refractivity contribution in [2.75, 3.05) is 7.11 Å². The van der Waals surface area contributed by atoms with Crippen LogP contribution in [0.15, 0.2) is 0 Å². The van der Waals surface area contributed by atoms with Crippen LogP contribution in [-0.2, 0) is 14.3 Å². The first-order valence-corrected chi connectivity index (χ1v) is 6.15. The largest absolute Gasteiger partial charge is 0.469 e. The van der Waals surface area contributed by atoms with Crippen LogP contribution >= 0.6 is 0 Å². The van der Waals surface area contributed by atoms with Gasteiger partial charge in [-0.15, -0.1) is 0 Å². The lowest BCUT2D eigenvalue weighted by Crippen LogP contribution is -2.45. The molecule has 0 aliphatic heterocycles. The zero-order valence-corrected chi connectivity index (χ0v) is 12.4. The molecule has 0 aliphatic rings. The summed E-state index contributed by atoms with van der Waals surface area (Å²) in [6.07, 6.45) is -0.524. The first kappa shape index (κ1) is 16.7. The summed E-state index contributed by atoms with van der Waals surface area (Å²) in [6.45, 7) is 11.0. The molecule has 5 heteroatoms. The molecule has 2 atom stereocenters. The average molecular weight is 259 g/mol. The SMILES string of the molecule is COC(=O)[C@@H](C(C)C)[C@H](C)NC(=O)OC(C)(C)C. The van der Waals surface area contributed by atoms with E-state index in [0.29, 0.717) is 0 Å². The van der Waals surface area contributed by atoms with Crippen molar-refractivity contribution in [3.8, 4) is 0 Å². The van der Waals surface area contributed by atoms with Crippen LogP contribution in [0.3, 0.4) is 0 Å². The first-order valence-electron chi connectivity index (χ1n) is 6.15. The molecule has 0 saturated carbocycles. The van der Waals surface area contributed by atoms with Crippen LogP contribution in [0, 0.1) is 11.8 Å². The predicted molar refractivity (Wildman–Crippen MR) is 69.2 cm³/mol. The maximum Gasteiger partial charge on any atom is 0.407 e. The summed E-state index contributed by atoms with van der Waals surface area (Å²) in [5, 5.41) is 2.67. The third-order valence-corrected chi connectivity index (χ3v) is 2.47. The molecule has 0 radical (unpaired) electrons. The molecule has 0 aliphatic carbocycles. The highest BCUT2D eigenvalue weighted by Crippen LogP contribution is 2.17. The van der Waals surface area contributed by atoms with Gasteiger partial charge in [-0.3, -0.25) is 4.79 Å². The van der Waals surface area contributed by atoms with Crippen molar-refractivity contribution in [1.29, 1.82) is 0 Å². The number of methoxy groups -OCH3 is 1. The zero-order valence-electron chi connectivity index (χ0n) is 12.4. The predicted octanol–water partition coefficient (Wildman–Crippen LogP) is 2.34. The van der Waals surface area contributed by atoms with E-state index in [1.165, 1.54) is 7.11 Å². The van der Waals surface area contributed by atoms with Gasteiger partial charge in [0.2, 0.25) is 0 Å². The molecule has 1 N–H and O–H groups in total. The Hall–Kier alpha value is -1.26. The molecule has 0 rings (SSSR count). The second-order valence-electron chi connectivity index (χ2n) is 5.73. The van der Waals surface area contributed by atoms with Gasteiger partial charge in [0.1, 0.15) is 5.60 Å². The van der Waals surface area contributed by atoms with E-state index in [4.69, 9.17) is 9.47 Å². The lowest BCUT2D eigenvalue weighted by molar-refractivity contribution is -0.147. The van der Waals surface area contributed by atoms with Crippen LogP contribution in [0.2, 0.25) is 0 Å². The summed E-state index contributed by atoms with van der Waals surface area (Å²) in [4.78, 5) is 23.3. The van der Waals surface area contributed by atoms with Crippen molar-refractivity contribution >= 4 is 12.1 Å². The quantitative estimate of drug-likeness (QED) is 0.787. The normalized spacial score (nSPS) is 14.9. The molecule has 0 heterocycles. The van der Waals surface area contributed by atoms with Gasteiger partial charge < -0.3 is 14.8 Å². The van der Waals surface area contributed by atoms with Crippen molar-refractivity contribution in [1.82, 2.24) is 5.32 Å². The minimum Gasteiger partial charge on any atom is -0.469 e. The molecule has 0 fully saturated rings. The minimum atomic E-state index is -0.553. The van der Waals surface area contributed by atoms with E-state index in [1.807, 2.05) is 13.8 Å². The maximum atomic E-state index is 11.6. The Morgan fingerprint density at radius 3 is 1.94 bits per heavy atom. The van der Waals surface area contributed by atoms with Gasteiger partial charge in [0.15, 0.2) is 0 Å². The number of esters is 1. The Morgan fingerprint density at radius 1 is 1.11 bits per heavy atom. The Morgan fingerprint density at radius 2 is 1.61 bits per heavy atom. The van der Waals surface area contributed by atoms with E-state index in [9.17, 15) is 9.59 Å². The molecule has 0 bridgehead atoms. The summed E-state index contributed by atoms with van der Waals surface area (Å²) in [6, 6.07) is -0.340. The fraction of sp³-hybridized carbons (Fsp3) is 0.846. The number of carbonyl (C=O) groups excluding carboxylic acids is 2. The van der Waals surface area contributed by atoms with Crippen LogP contribution in [0.1, 0.15) is 41.5 Å². The van der Waals surface area contributed by atoms with Crippen molar-refractivity contribution in [2.24, 2.45) is 11.8 Å². The van der Waals surface area contributed by atoms with E-state index in [2.05, 4.69) is 5.32 Å². The standard InChI is InChI=1S/C13H25NO4/c1-8(2)10(11(15)17-7)9(3)14-12(16)18-13(4,5)6/h8-10H,1-7H3,(H,14,16)/t9-,10-/m0/s1. The second kappa shape index (κ2) is 6.61. The fourth-order valence-electron chi connectivity index (χ4n) is 1.77.